The molecular weight excluding hydrogens is 518 g/mol. The molecule has 3 N–H and O–H groups in total. The molecule has 1 aromatic heterocycles. The molecule has 0 fully saturated rings. The fourth-order valence-electron chi connectivity index (χ4n) is 4.61. The lowest BCUT2D eigenvalue weighted by Crippen LogP contribution is -2.43. The molecule has 3 heterocycles. The van der Waals surface area contributed by atoms with Crippen molar-refractivity contribution < 1.29 is 27.7 Å². The number of nitrogens with one attached hydrogen (secondary N) is 1. The molecule has 0 atom stereocenters. The maximum atomic E-state index is 14.3. The van der Waals surface area contributed by atoms with E-state index in [-0.39, 0.29) is 17.7 Å². The van der Waals surface area contributed by atoms with Crippen LogP contribution in [0.15, 0.2) is 58.7 Å². The first-order chi connectivity index (χ1) is 19.1. The van der Waals surface area contributed by atoms with Gasteiger partial charge in [0.15, 0.2) is 17.8 Å². The minimum absolute atomic E-state index is 0.0741. The van der Waals surface area contributed by atoms with Crippen LogP contribution in [-0.4, -0.2) is 53.7 Å². The van der Waals surface area contributed by atoms with Gasteiger partial charge in [0.25, 0.3) is 0 Å². The number of aromatic amines is 1. The van der Waals surface area contributed by atoms with E-state index in [0.29, 0.717) is 38.3 Å². The summed E-state index contributed by atoms with van der Waals surface area (Å²) in [5, 5.41) is 3.29. The zero-order valence-electron chi connectivity index (χ0n) is 22.6. The van der Waals surface area contributed by atoms with E-state index < -0.39 is 17.2 Å². The van der Waals surface area contributed by atoms with Crippen LogP contribution in [0, 0.1) is 11.6 Å². The highest BCUT2D eigenvalue weighted by molar-refractivity contribution is 5.83. The van der Waals surface area contributed by atoms with Gasteiger partial charge < -0.3 is 20.1 Å². The van der Waals surface area contributed by atoms with Crippen molar-refractivity contribution in [2.45, 2.75) is 39.2 Å². The highest BCUT2D eigenvalue weighted by atomic mass is 19.1. The summed E-state index contributed by atoms with van der Waals surface area (Å²) < 4.78 is 40.8. The van der Waals surface area contributed by atoms with Crippen LogP contribution in [0.3, 0.4) is 0 Å². The van der Waals surface area contributed by atoms with Crippen LogP contribution < -0.4 is 15.2 Å². The van der Waals surface area contributed by atoms with Crippen molar-refractivity contribution in [1.29, 1.82) is 0 Å². The van der Waals surface area contributed by atoms with Crippen LogP contribution in [-0.2, 0) is 11.2 Å². The van der Waals surface area contributed by atoms with Gasteiger partial charge in [0.2, 0.25) is 0 Å². The topological polar surface area (TPSA) is 109 Å². The summed E-state index contributed by atoms with van der Waals surface area (Å²) in [6.07, 6.45) is 5.89. The summed E-state index contributed by atoms with van der Waals surface area (Å²) in [4.78, 5) is 22.5. The molecule has 5 rings (SSSR count). The van der Waals surface area contributed by atoms with E-state index in [1.165, 1.54) is 6.07 Å². The molecule has 2 aromatic carbocycles. The number of fused-ring (bicyclic) bond motifs is 3. The number of nitrogens with two attached hydrogens (primary N) is 1. The van der Waals surface area contributed by atoms with Crippen molar-refractivity contribution in [3.63, 3.8) is 0 Å². The maximum Gasteiger partial charge on any atom is 0.457 e. The van der Waals surface area contributed by atoms with E-state index in [9.17, 15) is 13.6 Å². The van der Waals surface area contributed by atoms with E-state index in [1.54, 1.807) is 9.58 Å². The number of amides is 1. The van der Waals surface area contributed by atoms with Crippen molar-refractivity contribution in [3.05, 3.63) is 71.4 Å². The van der Waals surface area contributed by atoms with Gasteiger partial charge in [0.05, 0.1) is 18.5 Å². The van der Waals surface area contributed by atoms with Gasteiger partial charge in [-0.1, -0.05) is 22.1 Å². The molecule has 2 aliphatic heterocycles. The summed E-state index contributed by atoms with van der Waals surface area (Å²) in [6, 6.07) is 9.13. The van der Waals surface area contributed by atoms with Gasteiger partial charge in [-0.2, -0.15) is 0 Å². The molecule has 0 saturated carbocycles. The average Bonchev–Trinajstić information content (AvgIpc) is 3.25. The van der Waals surface area contributed by atoms with Crippen LogP contribution in [0.25, 0.3) is 16.8 Å². The first-order valence-corrected chi connectivity index (χ1v) is 13.0. The number of ether oxygens (including phenoxy) is 2. The highest BCUT2D eigenvalue weighted by Crippen LogP contribution is 2.37. The Morgan fingerprint density at radius 1 is 1.20 bits per heavy atom. The summed E-state index contributed by atoms with van der Waals surface area (Å²) in [6.45, 7) is 7.03. The molecule has 2 aliphatic rings. The number of H-pyrrole nitrogens is 1. The predicted molar refractivity (Wildman–Crippen MR) is 148 cm³/mol. The number of benzene rings is 2. The van der Waals surface area contributed by atoms with Crippen LogP contribution in [0.4, 0.5) is 19.3 Å². The zero-order valence-corrected chi connectivity index (χ0v) is 22.6. The third kappa shape index (κ3) is 5.88. The van der Waals surface area contributed by atoms with Crippen molar-refractivity contribution in [3.8, 4) is 17.0 Å². The summed E-state index contributed by atoms with van der Waals surface area (Å²) in [7, 11) is 0. The van der Waals surface area contributed by atoms with Crippen molar-refractivity contribution in [2.75, 3.05) is 19.7 Å². The standard InChI is InChI=1S/C29H30F2N6O3/c1-29(2,3)40-28(38)36-11-8-18(9-12-36)19-4-7-25-22(14-19)26-20(10-13-39-25)16-37(35-26)27(33-17-32)34-24-6-5-21(30)15-23(24)31/h4-8,14-17H,9-13H2,1-3H3,(H2,32,33,34)/p+1. The molecular formula is C29H31F2N6O3+. The lowest BCUT2D eigenvalue weighted by Gasteiger charge is -2.29. The summed E-state index contributed by atoms with van der Waals surface area (Å²) in [5.74, 6) is -0.712. The van der Waals surface area contributed by atoms with Gasteiger partial charge >= 0.3 is 12.1 Å². The number of hydrogen-bond donors (Lipinski definition) is 2. The smallest absolute Gasteiger partial charge is 0.457 e. The van der Waals surface area contributed by atoms with Gasteiger partial charge in [-0.25, -0.2) is 18.7 Å². The number of carbonyl (C=O) groups excluding carboxylic acids is 1. The Morgan fingerprint density at radius 3 is 2.73 bits per heavy atom. The minimum Gasteiger partial charge on any atom is -0.493 e. The van der Waals surface area contributed by atoms with Crippen molar-refractivity contribution in [2.24, 2.45) is 15.7 Å². The Bertz CT molecular complexity index is 1540. The van der Waals surface area contributed by atoms with Crippen molar-refractivity contribution >= 4 is 29.7 Å². The van der Waals surface area contributed by atoms with Gasteiger partial charge in [-0.15, -0.1) is 4.68 Å². The Kier molecular flexibility index (Phi) is 7.38. The molecule has 0 unspecified atom stereocenters. The van der Waals surface area contributed by atoms with Crippen LogP contribution in [0.5, 0.6) is 5.75 Å². The molecule has 9 nitrogen and oxygen atoms in total. The molecule has 0 spiro atoms. The third-order valence-electron chi connectivity index (χ3n) is 6.48. The number of hydrogen-bond acceptors (Lipinski definition) is 4. The second kappa shape index (κ2) is 10.9. The molecule has 0 radical (unpaired) electrons. The molecule has 208 valence electrons. The van der Waals surface area contributed by atoms with Gasteiger partial charge in [-0.05, 0) is 62.6 Å². The summed E-state index contributed by atoms with van der Waals surface area (Å²) in [5.41, 5.74) is 9.68. The lowest BCUT2D eigenvalue weighted by atomic mass is 9.96. The quantitative estimate of drug-likeness (QED) is 0.274. The van der Waals surface area contributed by atoms with E-state index in [1.807, 2.05) is 45.2 Å². The third-order valence-corrected chi connectivity index (χ3v) is 6.48. The number of carbonyl (C=O) groups is 1. The number of rotatable bonds is 2. The van der Waals surface area contributed by atoms with Crippen molar-refractivity contribution in [1.82, 2.24) is 10.00 Å². The normalized spacial score (nSPS) is 15.7. The monoisotopic (exact) mass is 549 g/mol. The van der Waals surface area contributed by atoms with E-state index >= 15 is 0 Å². The molecule has 0 saturated heterocycles. The number of aromatic nitrogens is 2. The van der Waals surface area contributed by atoms with E-state index in [4.69, 9.17) is 15.2 Å². The molecule has 0 bridgehead atoms. The second-order valence-electron chi connectivity index (χ2n) is 10.5. The minimum atomic E-state index is -0.812. The van der Waals surface area contributed by atoms with Crippen LogP contribution in [0.1, 0.15) is 38.3 Å². The van der Waals surface area contributed by atoms with Crippen LogP contribution in [0.2, 0.25) is 0 Å². The Hall–Kier alpha value is -4.54. The number of aliphatic imine (C=N–C) groups is 2. The van der Waals surface area contributed by atoms with Crippen LogP contribution >= 0.6 is 0 Å². The second-order valence-corrected chi connectivity index (χ2v) is 10.5. The first-order valence-electron chi connectivity index (χ1n) is 13.0. The zero-order chi connectivity index (χ0) is 28.4. The Labute approximate surface area is 230 Å². The van der Waals surface area contributed by atoms with Gasteiger partial charge in [0.1, 0.15) is 17.2 Å². The molecule has 1 amide bonds. The Morgan fingerprint density at radius 2 is 2.02 bits per heavy atom. The number of halogens is 2. The lowest BCUT2D eigenvalue weighted by molar-refractivity contribution is -0.618. The van der Waals surface area contributed by atoms with Gasteiger partial charge in [-0.3, -0.25) is 0 Å². The van der Waals surface area contributed by atoms with E-state index in [2.05, 4.69) is 21.1 Å². The average molecular weight is 550 g/mol. The maximum absolute atomic E-state index is 14.3. The summed E-state index contributed by atoms with van der Waals surface area (Å²) >= 11 is 0. The van der Waals surface area contributed by atoms with E-state index in [0.717, 1.165) is 46.4 Å². The predicted octanol–water partition coefficient (Wildman–Crippen LogP) is 4.73. The fraction of sp³-hybridized carbons (Fsp3) is 0.310. The molecule has 11 heteroatoms. The fourth-order valence-corrected chi connectivity index (χ4v) is 4.61. The highest BCUT2D eigenvalue weighted by Gasteiger charge is 2.27. The molecule has 0 aliphatic carbocycles. The molecule has 40 heavy (non-hydrogen) atoms. The number of nitrogens with zero attached hydrogens (tertiary/aromatic N) is 4. The van der Waals surface area contributed by atoms with Gasteiger partial charge in [0, 0.05) is 36.7 Å². The largest absolute Gasteiger partial charge is 0.493 e. The SMILES string of the molecule is CC(C)(C)OC(=O)N1CC=C(c2ccc3c(c2)-c2[nH][n+](C(=Nc4ccc(F)cc4F)/N=C\N)cc2CCO3)CC1. The molecule has 3 aromatic rings. The first kappa shape index (κ1) is 27.0. The Balaban J connectivity index is 1.46.